The fraction of sp³-hybridized carbons (Fsp3) is 0.188. The van der Waals surface area contributed by atoms with Gasteiger partial charge in [-0.2, -0.15) is 0 Å². The van der Waals surface area contributed by atoms with E-state index in [2.05, 4.69) is 21.2 Å². The lowest BCUT2D eigenvalue weighted by Crippen LogP contribution is -2.23. The number of hydrogen-bond acceptors (Lipinski definition) is 3. The summed E-state index contributed by atoms with van der Waals surface area (Å²) in [7, 11) is -3.66. The molecule has 0 aliphatic rings. The zero-order valence-electron chi connectivity index (χ0n) is 12.3. The molecule has 0 bridgehead atoms. The number of hydrogen-bond donors (Lipinski definition) is 1. The Bertz CT molecular complexity index is 816. The Morgan fingerprint density at radius 2 is 1.77 bits per heavy atom. The molecule has 116 valence electrons. The van der Waals surface area contributed by atoms with Gasteiger partial charge in [0.2, 0.25) is 5.91 Å². The van der Waals surface area contributed by atoms with Crippen LogP contribution in [-0.2, 0) is 14.6 Å². The molecular weight excluding hydrogens is 366 g/mol. The summed E-state index contributed by atoms with van der Waals surface area (Å²) in [6.07, 6.45) is 0. The van der Waals surface area contributed by atoms with Crippen molar-refractivity contribution in [3.8, 4) is 0 Å². The molecule has 2 aromatic carbocycles. The van der Waals surface area contributed by atoms with Crippen molar-refractivity contribution in [2.24, 2.45) is 0 Å². The maximum Gasteiger partial charge on any atom is 0.239 e. The highest BCUT2D eigenvalue weighted by Crippen LogP contribution is 2.22. The van der Waals surface area contributed by atoms with E-state index < -0.39 is 21.5 Å². The number of anilines is 1. The first-order chi connectivity index (χ1) is 10.3. The molecule has 0 unspecified atom stereocenters. The minimum atomic E-state index is -3.66. The highest BCUT2D eigenvalue weighted by molar-refractivity contribution is 9.10. The number of sulfone groups is 1. The monoisotopic (exact) mass is 381 g/mol. The lowest BCUT2D eigenvalue weighted by Gasteiger charge is -2.09. The van der Waals surface area contributed by atoms with E-state index in [1.807, 2.05) is 19.9 Å². The molecule has 1 N–H and O–H groups in total. The van der Waals surface area contributed by atoms with Crippen LogP contribution in [0.4, 0.5) is 5.69 Å². The SMILES string of the molecule is Cc1ccc(S(=O)(=O)CC(=O)Nc2ccccc2Br)cc1C. The standard InChI is InChI=1S/C16H16BrNO3S/c1-11-7-8-13(9-12(11)2)22(20,21)10-16(19)18-15-6-4-3-5-14(15)17/h3-9H,10H2,1-2H3,(H,18,19). The lowest BCUT2D eigenvalue weighted by molar-refractivity contribution is -0.113. The first-order valence-corrected chi connectivity index (χ1v) is 9.08. The van der Waals surface area contributed by atoms with E-state index in [0.717, 1.165) is 11.1 Å². The van der Waals surface area contributed by atoms with Gasteiger partial charge in [-0.3, -0.25) is 4.79 Å². The van der Waals surface area contributed by atoms with Gasteiger partial charge < -0.3 is 5.32 Å². The van der Waals surface area contributed by atoms with Crippen molar-refractivity contribution >= 4 is 37.4 Å². The number of benzene rings is 2. The summed E-state index contributed by atoms with van der Waals surface area (Å²) in [6, 6.07) is 11.9. The second-order valence-corrected chi connectivity index (χ2v) is 7.88. The fourth-order valence-corrected chi connectivity index (χ4v) is 3.51. The summed E-state index contributed by atoms with van der Waals surface area (Å²) in [5.41, 5.74) is 2.44. The third kappa shape index (κ3) is 3.96. The maximum absolute atomic E-state index is 12.3. The molecule has 2 aromatic rings. The van der Waals surface area contributed by atoms with E-state index in [-0.39, 0.29) is 4.90 Å². The zero-order valence-corrected chi connectivity index (χ0v) is 14.7. The van der Waals surface area contributed by atoms with E-state index in [1.54, 1.807) is 30.3 Å². The van der Waals surface area contributed by atoms with Crippen molar-refractivity contribution in [1.29, 1.82) is 0 Å². The molecule has 0 aliphatic carbocycles. The number of halogens is 1. The van der Waals surface area contributed by atoms with Crippen LogP contribution < -0.4 is 5.32 Å². The van der Waals surface area contributed by atoms with Gasteiger partial charge in [0.05, 0.1) is 10.6 Å². The molecule has 0 fully saturated rings. The van der Waals surface area contributed by atoms with Crippen LogP contribution in [0.1, 0.15) is 11.1 Å². The molecule has 0 aliphatic heterocycles. The Morgan fingerprint density at radius 1 is 1.09 bits per heavy atom. The highest BCUT2D eigenvalue weighted by Gasteiger charge is 2.20. The number of amides is 1. The predicted molar refractivity (Wildman–Crippen MR) is 90.7 cm³/mol. The van der Waals surface area contributed by atoms with Gasteiger partial charge in [0.1, 0.15) is 5.75 Å². The molecule has 1 amide bonds. The van der Waals surface area contributed by atoms with E-state index >= 15 is 0 Å². The summed E-state index contributed by atoms with van der Waals surface area (Å²) in [5, 5.41) is 2.60. The van der Waals surface area contributed by atoms with Crippen molar-refractivity contribution < 1.29 is 13.2 Å². The fourth-order valence-electron chi connectivity index (χ4n) is 1.91. The molecular formula is C16H16BrNO3S. The molecule has 0 saturated carbocycles. The van der Waals surface area contributed by atoms with Gasteiger partial charge in [-0.1, -0.05) is 18.2 Å². The lowest BCUT2D eigenvalue weighted by atomic mass is 10.1. The van der Waals surface area contributed by atoms with E-state index in [9.17, 15) is 13.2 Å². The smallest absolute Gasteiger partial charge is 0.239 e. The average Bonchev–Trinajstić information content (AvgIpc) is 2.43. The molecule has 0 heterocycles. The normalized spacial score (nSPS) is 11.2. The van der Waals surface area contributed by atoms with Gasteiger partial charge in [0, 0.05) is 4.47 Å². The van der Waals surface area contributed by atoms with Gasteiger partial charge in [-0.15, -0.1) is 0 Å². The van der Waals surface area contributed by atoms with Gasteiger partial charge in [-0.05, 0) is 65.2 Å². The van der Waals surface area contributed by atoms with Crippen LogP contribution in [0.15, 0.2) is 51.8 Å². The van der Waals surface area contributed by atoms with Gasteiger partial charge in [0.15, 0.2) is 9.84 Å². The Hall–Kier alpha value is -1.66. The van der Waals surface area contributed by atoms with E-state index in [1.165, 1.54) is 6.07 Å². The number of carbonyl (C=O) groups is 1. The summed E-state index contributed by atoms with van der Waals surface area (Å²) in [5.74, 6) is -1.15. The molecule has 0 atom stereocenters. The number of rotatable bonds is 4. The third-order valence-electron chi connectivity index (χ3n) is 3.31. The first-order valence-electron chi connectivity index (χ1n) is 6.64. The summed E-state index contributed by atoms with van der Waals surface area (Å²) >= 11 is 3.30. The van der Waals surface area contributed by atoms with Crippen LogP contribution in [-0.4, -0.2) is 20.1 Å². The molecule has 6 heteroatoms. The van der Waals surface area contributed by atoms with Gasteiger partial charge in [-0.25, -0.2) is 8.42 Å². The van der Waals surface area contributed by atoms with Crippen LogP contribution in [0, 0.1) is 13.8 Å². The van der Waals surface area contributed by atoms with Crippen molar-refractivity contribution in [3.63, 3.8) is 0 Å². The zero-order chi connectivity index (χ0) is 16.3. The number of para-hydroxylation sites is 1. The van der Waals surface area contributed by atoms with Crippen molar-refractivity contribution in [3.05, 3.63) is 58.1 Å². The first kappa shape index (κ1) is 16.7. The third-order valence-corrected chi connectivity index (χ3v) is 5.61. The molecule has 2 rings (SSSR count). The quantitative estimate of drug-likeness (QED) is 0.881. The minimum absolute atomic E-state index is 0.165. The van der Waals surface area contributed by atoms with Crippen LogP contribution in [0.5, 0.6) is 0 Å². The summed E-state index contributed by atoms with van der Waals surface area (Å²) in [6.45, 7) is 3.75. The Kier molecular flexibility index (Phi) is 5.03. The molecule has 22 heavy (non-hydrogen) atoms. The molecule has 4 nitrogen and oxygen atoms in total. The molecule has 0 saturated heterocycles. The Balaban J connectivity index is 2.16. The van der Waals surface area contributed by atoms with Crippen molar-refractivity contribution in [2.45, 2.75) is 18.7 Å². The highest BCUT2D eigenvalue weighted by atomic mass is 79.9. The van der Waals surface area contributed by atoms with Crippen LogP contribution >= 0.6 is 15.9 Å². The average molecular weight is 382 g/mol. The topological polar surface area (TPSA) is 63.2 Å². The number of aryl methyl sites for hydroxylation is 2. The van der Waals surface area contributed by atoms with E-state index in [4.69, 9.17) is 0 Å². The summed E-state index contributed by atoms with van der Waals surface area (Å²) < 4.78 is 25.3. The van der Waals surface area contributed by atoms with Gasteiger partial charge in [0.25, 0.3) is 0 Å². The van der Waals surface area contributed by atoms with Crippen LogP contribution in [0.25, 0.3) is 0 Å². The van der Waals surface area contributed by atoms with Crippen LogP contribution in [0.2, 0.25) is 0 Å². The predicted octanol–water partition coefficient (Wildman–Crippen LogP) is 3.48. The summed E-state index contributed by atoms with van der Waals surface area (Å²) in [4.78, 5) is 12.2. The van der Waals surface area contributed by atoms with Crippen molar-refractivity contribution in [2.75, 3.05) is 11.1 Å². The van der Waals surface area contributed by atoms with E-state index in [0.29, 0.717) is 10.2 Å². The largest absolute Gasteiger partial charge is 0.324 e. The van der Waals surface area contributed by atoms with Crippen LogP contribution in [0.3, 0.4) is 0 Å². The van der Waals surface area contributed by atoms with Crippen molar-refractivity contribution in [1.82, 2.24) is 0 Å². The number of nitrogens with one attached hydrogen (secondary N) is 1. The molecule has 0 radical (unpaired) electrons. The Morgan fingerprint density at radius 3 is 2.41 bits per heavy atom. The molecule has 0 spiro atoms. The molecule has 0 aromatic heterocycles. The number of carbonyl (C=O) groups excluding carboxylic acids is 1. The second kappa shape index (κ2) is 6.62. The maximum atomic E-state index is 12.3. The Labute approximate surface area is 138 Å². The minimum Gasteiger partial charge on any atom is -0.324 e. The van der Waals surface area contributed by atoms with Gasteiger partial charge >= 0.3 is 0 Å². The second-order valence-electron chi connectivity index (χ2n) is 5.03.